The van der Waals surface area contributed by atoms with Gasteiger partial charge in [0.05, 0.1) is 0 Å². The van der Waals surface area contributed by atoms with Gasteiger partial charge >= 0.3 is 0 Å². The summed E-state index contributed by atoms with van der Waals surface area (Å²) in [6.07, 6.45) is 6.35. The zero-order valence-corrected chi connectivity index (χ0v) is 11.7. The number of anilines is 1. The highest BCUT2D eigenvalue weighted by Gasteiger charge is 2.18. The van der Waals surface area contributed by atoms with Crippen LogP contribution < -0.4 is 5.32 Å². The molecule has 100 valence electrons. The number of hydrogen-bond donors (Lipinski definition) is 1. The molecule has 0 aliphatic carbocycles. The Morgan fingerprint density at radius 2 is 2.28 bits per heavy atom. The van der Waals surface area contributed by atoms with Gasteiger partial charge in [-0.3, -0.25) is 0 Å². The van der Waals surface area contributed by atoms with Crippen LogP contribution >= 0.6 is 0 Å². The molecule has 0 spiro atoms. The summed E-state index contributed by atoms with van der Waals surface area (Å²) in [6, 6.07) is 0.520. The van der Waals surface area contributed by atoms with Crippen LogP contribution in [0.15, 0.2) is 6.33 Å². The molecule has 1 aromatic heterocycles. The molecule has 1 aliphatic heterocycles. The van der Waals surface area contributed by atoms with Crippen molar-refractivity contribution in [2.45, 2.75) is 45.6 Å². The van der Waals surface area contributed by atoms with E-state index in [1.165, 1.54) is 30.6 Å². The maximum atomic E-state index is 4.40. The smallest absolute Gasteiger partial charge is 0.132 e. The number of hydrogen-bond acceptors (Lipinski definition) is 4. The van der Waals surface area contributed by atoms with Crippen LogP contribution in [0.2, 0.25) is 0 Å². The third kappa shape index (κ3) is 3.19. The van der Waals surface area contributed by atoms with Crippen LogP contribution in [0.1, 0.15) is 37.4 Å². The van der Waals surface area contributed by atoms with Crippen LogP contribution in [0.3, 0.4) is 0 Å². The van der Waals surface area contributed by atoms with E-state index in [0.717, 1.165) is 25.2 Å². The van der Waals surface area contributed by atoms with Crippen LogP contribution in [-0.2, 0) is 6.42 Å². The molecule has 1 N–H and O–H groups in total. The monoisotopic (exact) mass is 248 g/mol. The first-order valence-electron chi connectivity index (χ1n) is 6.96. The highest BCUT2D eigenvalue weighted by Crippen LogP contribution is 2.19. The minimum Gasteiger partial charge on any atom is -0.366 e. The average Bonchev–Trinajstić information content (AvgIpc) is 2.35. The van der Waals surface area contributed by atoms with E-state index in [1.54, 1.807) is 6.33 Å². The van der Waals surface area contributed by atoms with Gasteiger partial charge in [-0.1, -0.05) is 13.3 Å². The van der Waals surface area contributed by atoms with Crippen LogP contribution in [0.25, 0.3) is 0 Å². The predicted molar refractivity (Wildman–Crippen MR) is 74.9 cm³/mol. The number of aromatic nitrogens is 2. The molecule has 0 saturated carbocycles. The molecule has 1 aliphatic rings. The van der Waals surface area contributed by atoms with Crippen molar-refractivity contribution >= 4 is 5.82 Å². The van der Waals surface area contributed by atoms with Gasteiger partial charge in [0.15, 0.2) is 0 Å². The second-order valence-electron chi connectivity index (χ2n) is 5.29. The molecule has 1 fully saturated rings. The van der Waals surface area contributed by atoms with E-state index in [0.29, 0.717) is 6.04 Å². The summed E-state index contributed by atoms with van der Waals surface area (Å²) >= 11 is 0. The van der Waals surface area contributed by atoms with Crippen molar-refractivity contribution in [1.29, 1.82) is 0 Å². The van der Waals surface area contributed by atoms with Crippen molar-refractivity contribution in [1.82, 2.24) is 14.9 Å². The van der Waals surface area contributed by atoms with E-state index >= 15 is 0 Å². The lowest BCUT2D eigenvalue weighted by atomic mass is 10.1. The van der Waals surface area contributed by atoms with Gasteiger partial charge in [-0.25, -0.2) is 9.97 Å². The molecule has 0 radical (unpaired) electrons. The van der Waals surface area contributed by atoms with Crippen molar-refractivity contribution < 1.29 is 0 Å². The maximum Gasteiger partial charge on any atom is 0.132 e. The fraction of sp³-hybridized carbons (Fsp3) is 0.714. The Kier molecular flexibility index (Phi) is 4.53. The molecule has 1 saturated heterocycles. The Morgan fingerprint density at radius 1 is 1.44 bits per heavy atom. The van der Waals surface area contributed by atoms with Gasteiger partial charge in [0.25, 0.3) is 0 Å². The Morgan fingerprint density at radius 3 is 3.00 bits per heavy atom. The van der Waals surface area contributed by atoms with Crippen LogP contribution in [-0.4, -0.2) is 41.0 Å². The van der Waals surface area contributed by atoms with E-state index in [4.69, 9.17) is 0 Å². The standard InChI is InChI=1S/C14H24N4/c1-4-6-13-11(2)14(16-10-15-13)17-12-7-5-8-18(3)9-12/h10,12H,4-9H2,1-3H3,(H,15,16,17). The molecular formula is C14H24N4. The molecule has 0 amide bonds. The van der Waals surface area contributed by atoms with Gasteiger partial charge in [0.1, 0.15) is 12.1 Å². The lowest BCUT2D eigenvalue weighted by molar-refractivity contribution is 0.260. The van der Waals surface area contributed by atoms with Crippen molar-refractivity contribution in [2.24, 2.45) is 0 Å². The first-order chi connectivity index (χ1) is 8.70. The molecule has 1 aromatic rings. The summed E-state index contributed by atoms with van der Waals surface area (Å²) in [4.78, 5) is 11.2. The van der Waals surface area contributed by atoms with Gasteiger partial charge < -0.3 is 10.2 Å². The first-order valence-corrected chi connectivity index (χ1v) is 6.96. The largest absolute Gasteiger partial charge is 0.366 e. The van der Waals surface area contributed by atoms with Crippen LogP contribution in [0.5, 0.6) is 0 Å². The Bertz CT molecular complexity index is 391. The molecule has 0 bridgehead atoms. The van der Waals surface area contributed by atoms with E-state index in [-0.39, 0.29) is 0 Å². The highest BCUT2D eigenvalue weighted by molar-refractivity contribution is 5.45. The predicted octanol–water partition coefficient (Wildman–Crippen LogP) is 2.24. The number of piperidine rings is 1. The molecule has 1 unspecified atom stereocenters. The second-order valence-corrected chi connectivity index (χ2v) is 5.29. The van der Waals surface area contributed by atoms with Gasteiger partial charge in [-0.05, 0) is 39.8 Å². The molecular weight excluding hydrogens is 224 g/mol. The fourth-order valence-electron chi connectivity index (χ4n) is 2.60. The summed E-state index contributed by atoms with van der Waals surface area (Å²) in [5.74, 6) is 1.02. The average molecular weight is 248 g/mol. The van der Waals surface area contributed by atoms with E-state index in [1.807, 2.05) is 0 Å². The summed E-state index contributed by atoms with van der Waals surface area (Å²) in [7, 11) is 2.18. The van der Waals surface area contributed by atoms with Crippen LogP contribution in [0.4, 0.5) is 5.82 Å². The molecule has 1 atom stereocenters. The minimum absolute atomic E-state index is 0.520. The molecule has 2 heterocycles. The third-order valence-corrected chi connectivity index (χ3v) is 3.64. The van der Waals surface area contributed by atoms with E-state index in [2.05, 4.69) is 41.1 Å². The lowest BCUT2D eigenvalue weighted by Gasteiger charge is -2.31. The third-order valence-electron chi connectivity index (χ3n) is 3.64. The summed E-state index contributed by atoms with van der Waals surface area (Å²) < 4.78 is 0. The molecule has 4 nitrogen and oxygen atoms in total. The summed E-state index contributed by atoms with van der Waals surface area (Å²) in [5, 5.41) is 3.59. The van der Waals surface area contributed by atoms with Gasteiger partial charge in [0, 0.05) is 23.8 Å². The summed E-state index contributed by atoms with van der Waals surface area (Å²) in [5.41, 5.74) is 2.40. The Labute approximate surface area is 110 Å². The highest BCUT2D eigenvalue weighted by atomic mass is 15.2. The van der Waals surface area contributed by atoms with E-state index < -0.39 is 0 Å². The number of nitrogens with zero attached hydrogens (tertiary/aromatic N) is 3. The van der Waals surface area contributed by atoms with Crippen molar-refractivity contribution in [3.8, 4) is 0 Å². The number of likely N-dealkylation sites (N-methyl/N-ethyl adjacent to an activating group) is 1. The van der Waals surface area contributed by atoms with E-state index in [9.17, 15) is 0 Å². The van der Waals surface area contributed by atoms with Crippen LogP contribution in [0, 0.1) is 6.92 Å². The zero-order chi connectivity index (χ0) is 13.0. The molecule has 18 heavy (non-hydrogen) atoms. The number of likely N-dealkylation sites (tertiary alicyclic amines) is 1. The minimum atomic E-state index is 0.520. The van der Waals surface area contributed by atoms with Gasteiger partial charge in [0.2, 0.25) is 0 Å². The topological polar surface area (TPSA) is 41.1 Å². The van der Waals surface area contributed by atoms with Gasteiger partial charge in [-0.15, -0.1) is 0 Å². The lowest BCUT2D eigenvalue weighted by Crippen LogP contribution is -2.40. The number of nitrogens with one attached hydrogen (secondary N) is 1. The fourth-order valence-corrected chi connectivity index (χ4v) is 2.60. The number of rotatable bonds is 4. The normalized spacial score (nSPS) is 20.9. The first kappa shape index (κ1) is 13.3. The Hall–Kier alpha value is -1.16. The van der Waals surface area contributed by atoms with Crippen molar-refractivity contribution in [2.75, 3.05) is 25.5 Å². The Balaban J connectivity index is 2.06. The SMILES string of the molecule is CCCc1ncnc(NC2CCCN(C)C2)c1C. The van der Waals surface area contributed by atoms with Crippen molar-refractivity contribution in [3.05, 3.63) is 17.6 Å². The second kappa shape index (κ2) is 6.14. The maximum absolute atomic E-state index is 4.40. The zero-order valence-electron chi connectivity index (χ0n) is 11.7. The summed E-state index contributed by atoms with van der Waals surface area (Å²) in [6.45, 7) is 6.62. The molecule has 0 aromatic carbocycles. The van der Waals surface area contributed by atoms with Crippen molar-refractivity contribution in [3.63, 3.8) is 0 Å². The quantitative estimate of drug-likeness (QED) is 0.887. The number of aryl methyl sites for hydroxylation is 1. The molecule has 4 heteroatoms. The molecule has 2 rings (SSSR count). The van der Waals surface area contributed by atoms with Gasteiger partial charge in [-0.2, -0.15) is 0 Å².